The molecule has 0 spiro atoms. The van der Waals surface area contributed by atoms with Crippen LogP contribution in [0.4, 0.5) is 0 Å². The van der Waals surface area contributed by atoms with E-state index in [9.17, 15) is 10.2 Å². The molecule has 1 saturated carbocycles. The first-order valence-electron chi connectivity index (χ1n) is 4.07. The molecule has 4 nitrogen and oxygen atoms in total. The summed E-state index contributed by atoms with van der Waals surface area (Å²) in [6.45, 7) is 0.118. The average molecular weight is 176 g/mol. The van der Waals surface area contributed by atoms with E-state index in [2.05, 4.69) is 0 Å². The van der Waals surface area contributed by atoms with E-state index in [4.69, 9.17) is 9.47 Å². The Kier molecular flexibility index (Phi) is 3.06. The number of aliphatic hydroxyl groups excluding tert-OH is 1. The maximum atomic E-state index is 9.92. The lowest BCUT2D eigenvalue weighted by atomic mass is 9.99. The van der Waals surface area contributed by atoms with Crippen molar-refractivity contribution in [2.75, 3.05) is 20.8 Å². The quantitative estimate of drug-likeness (QED) is 0.610. The van der Waals surface area contributed by atoms with Gasteiger partial charge in [-0.2, -0.15) is 0 Å². The summed E-state index contributed by atoms with van der Waals surface area (Å²) in [4.78, 5) is 0. The molecule has 0 heterocycles. The van der Waals surface area contributed by atoms with Crippen molar-refractivity contribution in [1.82, 2.24) is 0 Å². The van der Waals surface area contributed by atoms with Crippen molar-refractivity contribution in [2.24, 2.45) is 0 Å². The van der Waals surface area contributed by atoms with Crippen molar-refractivity contribution in [3.8, 4) is 0 Å². The number of rotatable bonds is 3. The summed E-state index contributed by atoms with van der Waals surface area (Å²) in [5, 5.41) is 19.4. The molecule has 0 radical (unpaired) electrons. The van der Waals surface area contributed by atoms with Gasteiger partial charge in [0.1, 0.15) is 5.60 Å². The van der Waals surface area contributed by atoms with Gasteiger partial charge in [-0.1, -0.05) is 0 Å². The van der Waals surface area contributed by atoms with Gasteiger partial charge in [-0.05, 0) is 12.8 Å². The van der Waals surface area contributed by atoms with Crippen LogP contribution in [0.1, 0.15) is 12.8 Å². The highest BCUT2D eigenvalue weighted by Gasteiger charge is 2.48. The molecule has 0 aromatic heterocycles. The third-order valence-corrected chi connectivity index (χ3v) is 2.50. The predicted octanol–water partition coefficient (Wildman–Crippen LogP) is -0.466. The molecule has 2 N–H and O–H groups in total. The van der Waals surface area contributed by atoms with Gasteiger partial charge in [0.2, 0.25) is 0 Å². The van der Waals surface area contributed by atoms with Crippen LogP contribution in [0.2, 0.25) is 0 Å². The number of ether oxygens (including phenoxy) is 2. The van der Waals surface area contributed by atoms with Gasteiger partial charge in [0.25, 0.3) is 0 Å². The highest BCUT2D eigenvalue weighted by molar-refractivity contribution is 5.00. The van der Waals surface area contributed by atoms with E-state index in [-0.39, 0.29) is 12.7 Å². The van der Waals surface area contributed by atoms with E-state index in [1.165, 1.54) is 14.2 Å². The SMILES string of the molecule is COC[C@@]1(O)[C@H](O)CC[C@@H]1OC. The van der Waals surface area contributed by atoms with Crippen LogP contribution in [0.3, 0.4) is 0 Å². The topological polar surface area (TPSA) is 58.9 Å². The first kappa shape index (κ1) is 9.92. The fraction of sp³-hybridized carbons (Fsp3) is 1.00. The number of hydrogen-bond donors (Lipinski definition) is 2. The minimum absolute atomic E-state index is 0.118. The monoisotopic (exact) mass is 176 g/mol. The second kappa shape index (κ2) is 3.70. The third kappa shape index (κ3) is 1.47. The van der Waals surface area contributed by atoms with Gasteiger partial charge in [0.15, 0.2) is 0 Å². The molecule has 1 rings (SSSR count). The summed E-state index contributed by atoms with van der Waals surface area (Å²) in [5.74, 6) is 0. The van der Waals surface area contributed by atoms with Crippen LogP contribution in [-0.4, -0.2) is 48.8 Å². The van der Waals surface area contributed by atoms with Gasteiger partial charge in [-0.3, -0.25) is 0 Å². The van der Waals surface area contributed by atoms with Crippen molar-refractivity contribution in [3.05, 3.63) is 0 Å². The van der Waals surface area contributed by atoms with Crippen molar-refractivity contribution in [3.63, 3.8) is 0 Å². The van der Waals surface area contributed by atoms with Gasteiger partial charge >= 0.3 is 0 Å². The van der Waals surface area contributed by atoms with Gasteiger partial charge in [0.05, 0.1) is 18.8 Å². The summed E-state index contributed by atoms with van der Waals surface area (Å²) in [6, 6.07) is 0. The maximum Gasteiger partial charge on any atom is 0.140 e. The largest absolute Gasteiger partial charge is 0.390 e. The molecule has 0 bridgehead atoms. The molecule has 1 fully saturated rings. The lowest BCUT2D eigenvalue weighted by molar-refractivity contribution is -0.152. The Morgan fingerprint density at radius 1 is 1.42 bits per heavy atom. The van der Waals surface area contributed by atoms with E-state index >= 15 is 0 Å². The lowest BCUT2D eigenvalue weighted by Crippen LogP contribution is -2.50. The normalized spacial score (nSPS) is 42.0. The Balaban J connectivity index is 2.66. The van der Waals surface area contributed by atoms with Crippen LogP contribution in [0.15, 0.2) is 0 Å². The molecule has 12 heavy (non-hydrogen) atoms. The zero-order chi connectivity index (χ0) is 9.19. The molecule has 0 unspecified atom stereocenters. The van der Waals surface area contributed by atoms with E-state index in [0.717, 1.165) is 0 Å². The summed E-state index contributed by atoms with van der Waals surface area (Å²) in [6.07, 6.45) is 0.199. The Hall–Kier alpha value is -0.160. The van der Waals surface area contributed by atoms with Crippen LogP contribution in [0.25, 0.3) is 0 Å². The summed E-state index contributed by atoms with van der Waals surface area (Å²) in [7, 11) is 3.03. The Morgan fingerprint density at radius 2 is 2.08 bits per heavy atom. The Labute approximate surface area is 72.1 Å². The molecule has 0 saturated heterocycles. The second-order valence-corrected chi connectivity index (χ2v) is 3.24. The van der Waals surface area contributed by atoms with Gasteiger partial charge < -0.3 is 19.7 Å². The van der Waals surface area contributed by atoms with Gasteiger partial charge in [0, 0.05) is 14.2 Å². The number of methoxy groups -OCH3 is 2. The van der Waals surface area contributed by atoms with E-state index in [1.54, 1.807) is 0 Å². The molecule has 1 aliphatic rings. The maximum absolute atomic E-state index is 9.92. The molecule has 72 valence electrons. The van der Waals surface area contributed by atoms with Crippen molar-refractivity contribution in [1.29, 1.82) is 0 Å². The smallest absolute Gasteiger partial charge is 0.140 e. The molecule has 1 aliphatic carbocycles. The molecule has 0 aliphatic heterocycles. The summed E-state index contributed by atoms with van der Waals surface area (Å²) < 4.78 is 9.90. The van der Waals surface area contributed by atoms with E-state index in [0.29, 0.717) is 12.8 Å². The highest BCUT2D eigenvalue weighted by Crippen LogP contribution is 2.32. The van der Waals surface area contributed by atoms with Crippen molar-refractivity contribution < 1.29 is 19.7 Å². The average Bonchev–Trinajstić information content (AvgIpc) is 2.30. The van der Waals surface area contributed by atoms with Gasteiger partial charge in [-0.25, -0.2) is 0 Å². The van der Waals surface area contributed by atoms with Crippen LogP contribution < -0.4 is 0 Å². The van der Waals surface area contributed by atoms with Crippen LogP contribution in [0, 0.1) is 0 Å². The van der Waals surface area contributed by atoms with Gasteiger partial charge in [-0.15, -0.1) is 0 Å². The van der Waals surface area contributed by atoms with Crippen LogP contribution >= 0.6 is 0 Å². The molecule has 0 aromatic carbocycles. The fourth-order valence-electron chi connectivity index (χ4n) is 1.77. The lowest BCUT2D eigenvalue weighted by Gasteiger charge is -2.30. The zero-order valence-corrected chi connectivity index (χ0v) is 7.49. The standard InChI is InChI=1S/C8H16O4/c1-11-5-8(10)6(9)3-4-7(8)12-2/h6-7,9-10H,3-5H2,1-2H3/t6-,7+,8-/m1/s1. The Bertz CT molecular complexity index is 150. The van der Waals surface area contributed by atoms with Crippen molar-refractivity contribution >= 4 is 0 Å². The summed E-state index contributed by atoms with van der Waals surface area (Å²) >= 11 is 0. The number of aliphatic hydroxyl groups is 2. The van der Waals surface area contributed by atoms with E-state index < -0.39 is 11.7 Å². The minimum Gasteiger partial charge on any atom is -0.390 e. The predicted molar refractivity (Wildman–Crippen MR) is 42.9 cm³/mol. The minimum atomic E-state index is -1.22. The molecular formula is C8H16O4. The van der Waals surface area contributed by atoms with Crippen LogP contribution in [-0.2, 0) is 9.47 Å². The number of hydrogen-bond acceptors (Lipinski definition) is 4. The first-order valence-corrected chi connectivity index (χ1v) is 4.07. The van der Waals surface area contributed by atoms with Crippen molar-refractivity contribution in [2.45, 2.75) is 30.7 Å². The third-order valence-electron chi connectivity index (χ3n) is 2.50. The summed E-state index contributed by atoms with van der Waals surface area (Å²) in [5.41, 5.74) is -1.22. The molecule has 0 aromatic rings. The first-order chi connectivity index (χ1) is 5.65. The Morgan fingerprint density at radius 3 is 2.58 bits per heavy atom. The van der Waals surface area contributed by atoms with E-state index in [1.807, 2.05) is 0 Å². The molecular weight excluding hydrogens is 160 g/mol. The zero-order valence-electron chi connectivity index (χ0n) is 7.49. The highest BCUT2D eigenvalue weighted by atomic mass is 16.5. The second-order valence-electron chi connectivity index (χ2n) is 3.24. The molecule has 3 atom stereocenters. The van der Waals surface area contributed by atoms with Crippen LogP contribution in [0.5, 0.6) is 0 Å². The molecule has 4 heteroatoms. The molecule has 0 amide bonds. The fourth-order valence-corrected chi connectivity index (χ4v) is 1.77.